The lowest BCUT2D eigenvalue weighted by Crippen LogP contribution is -2.55. The Morgan fingerprint density at radius 3 is 2.54 bits per heavy atom. The highest BCUT2D eigenvalue weighted by atomic mass is 16.5. The van der Waals surface area contributed by atoms with Crippen molar-refractivity contribution in [3.8, 4) is 0 Å². The van der Waals surface area contributed by atoms with E-state index in [9.17, 15) is 4.79 Å². The fraction of sp³-hybridized carbons (Fsp3) is 0.800. The van der Waals surface area contributed by atoms with Crippen LogP contribution in [-0.4, -0.2) is 63.7 Å². The van der Waals surface area contributed by atoms with Crippen LogP contribution in [0.25, 0.3) is 0 Å². The molecule has 0 aromatic carbocycles. The molecule has 26 heavy (non-hydrogen) atoms. The first-order valence-corrected chi connectivity index (χ1v) is 10.2. The molecule has 144 valence electrons. The summed E-state index contributed by atoms with van der Waals surface area (Å²) >= 11 is 0. The van der Waals surface area contributed by atoms with E-state index in [0.717, 1.165) is 43.6 Å². The van der Waals surface area contributed by atoms with Gasteiger partial charge in [-0.2, -0.15) is 5.10 Å². The Morgan fingerprint density at radius 2 is 1.85 bits per heavy atom. The summed E-state index contributed by atoms with van der Waals surface area (Å²) < 4.78 is 5.84. The predicted octanol–water partition coefficient (Wildman–Crippen LogP) is 2.91. The van der Waals surface area contributed by atoms with E-state index in [4.69, 9.17) is 4.74 Å². The molecule has 1 aromatic rings. The van der Waals surface area contributed by atoms with Crippen LogP contribution in [0.15, 0.2) is 0 Å². The smallest absolute Gasteiger partial charge is 0.274 e. The van der Waals surface area contributed by atoms with Crippen LogP contribution in [0.2, 0.25) is 0 Å². The number of hydrogen-bond donors (Lipinski definition) is 1. The van der Waals surface area contributed by atoms with Crippen molar-refractivity contribution in [2.45, 2.75) is 77.0 Å². The number of amides is 1. The van der Waals surface area contributed by atoms with E-state index in [2.05, 4.69) is 28.9 Å². The number of carbonyl (C=O) groups is 1. The Hall–Kier alpha value is -1.40. The van der Waals surface area contributed by atoms with Crippen LogP contribution in [0.3, 0.4) is 0 Å². The zero-order valence-electron chi connectivity index (χ0n) is 16.4. The fourth-order valence-electron chi connectivity index (χ4n) is 4.94. The summed E-state index contributed by atoms with van der Waals surface area (Å²) in [5.41, 5.74) is 2.90. The summed E-state index contributed by atoms with van der Waals surface area (Å²) in [4.78, 5) is 17.8. The molecule has 1 amide bonds. The molecule has 0 bridgehead atoms. The largest absolute Gasteiger partial charge is 0.369 e. The monoisotopic (exact) mass is 360 g/mol. The third kappa shape index (κ3) is 3.18. The van der Waals surface area contributed by atoms with Crippen molar-refractivity contribution >= 4 is 5.91 Å². The topological polar surface area (TPSA) is 61.5 Å². The number of H-pyrrole nitrogens is 1. The minimum absolute atomic E-state index is 0.0217. The molecule has 6 nitrogen and oxygen atoms in total. The van der Waals surface area contributed by atoms with Gasteiger partial charge in [0.05, 0.1) is 17.9 Å². The highest BCUT2D eigenvalue weighted by molar-refractivity contribution is 5.94. The molecule has 0 aliphatic carbocycles. The Balaban J connectivity index is 1.44. The van der Waals surface area contributed by atoms with Gasteiger partial charge in [0.2, 0.25) is 0 Å². The normalized spacial score (nSPS) is 29.4. The summed E-state index contributed by atoms with van der Waals surface area (Å²) in [5.74, 6) is 0.0875. The van der Waals surface area contributed by atoms with Crippen LogP contribution in [-0.2, 0) is 11.2 Å². The van der Waals surface area contributed by atoms with E-state index in [0.29, 0.717) is 5.69 Å². The molecule has 4 heterocycles. The van der Waals surface area contributed by atoms with Gasteiger partial charge in [0.25, 0.3) is 5.91 Å². The standard InChI is InChI=1S/C20H32N4O2/c1-14-13-16-17(15(2)26-14)21-22-18(16)19(25)23-11-7-20(3,8-12-23)24-9-5-4-6-10-24/h14-15H,4-13H2,1-3H3,(H,21,22)/t14-,15+/m1/s1. The summed E-state index contributed by atoms with van der Waals surface area (Å²) in [5, 5.41) is 7.43. The molecule has 0 saturated carbocycles. The second-order valence-corrected chi connectivity index (χ2v) is 8.59. The lowest BCUT2D eigenvalue weighted by Gasteiger charge is -2.48. The molecule has 1 N–H and O–H groups in total. The Kier molecular flexibility index (Phi) is 4.82. The number of nitrogens with one attached hydrogen (secondary N) is 1. The molecule has 0 spiro atoms. The van der Waals surface area contributed by atoms with Crippen LogP contribution in [0.5, 0.6) is 0 Å². The highest BCUT2D eigenvalue weighted by Crippen LogP contribution is 2.33. The number of nitrogens with zero attached hydrogens (tertiary/aromatic N) is 3. The van der Waals surface area contributed by atoms with Gasteiger partial charge >= 0.3 is 0 Å². The van der Waals surface area contributed by atoms with Gasteiger partial charge in [0.15, 0.2) is 5.69 Å². The Labute approximate surface area is 156 Å². The molecule has 6 heteroatoms. The van der Waals surface area contributed by atoms with Crippen LogP contribution < -0.4 is 0 Å². The molecule has 4 rings (SSSR count). The minimum Gasteiger partial charge on any atom is -0.369 e. The molecule has 0 unspecified atom stereocenters. The van der Waals surface area contributed by atoms with Gasteiger partial charge in [-0.15, -0.1) is 0 Å². The predicted molar refractivity (Wildman–Crippen MR) is 100 cm³/mol. The second kappa shape index (κ2) is 6.97. The number of likely N-dealkylation sites (tertiary alicyclic amines) is 2. The van der Waals surface area contributed by atoms with Crippen molar-refractivity contribution in [2.75, 3.05) is 26.2 Å². The quantitative estimate of drug-likeness (QED) is 0.881. The minimum atomic E-state index is -0.0217. The van der Waals surface area contributed by atoms with E-state index < -0.39 is 0 Å². The third-order valence-corrected chi connectivity index (χ3v) is 6.68. The number of rotatable bonds is 2. The van der Waals surface area contributed by atoms with Crippen LogP contribution >= 0.6 is 0 Å². The first-order chi connectivity index (χ1) is 12.5. The number of aromatic amines is 1. The van der Waals surface area contributed by atoms with Gasteiger partial charge < -0.3 is 9.64 Å². The van der Waals surface area contributed by atoms with Gasteiger partial charge in [-0.05, 0) is 59.5 Å². The zero-order chi connectivity index (χ0) is 18.3. The SMILES string of the molecule is C[C@@H]1Cc2c(C(=O)N3CCC(C)(N4CCCCC4)CC3)n[nH]c2[C@H](C)O1. The number of hydrogen-bond acceptors (Lipinski definition) is 4. The van der Waals surface area contributed by atoms with Gasteiger partial charge in [0, 0.05) is 30.6 Å². The number of ether oxygens (including phenoxy) is 1. The molecule has 1 aromatic heterocycles. The van der Waals surface area contributed by atoms with Gasteiger partial charge in [-0.25, -0.2) is 0 Å². The highest BCUT2D eigenvalue weighted by Gasteiger charge is 2.39. The second-order valence-electron chi connectivity index (χ2n) is 8.59. The van der Waals surface area contributed by atoms with E-state index in [1.165, 1.54) is 32.4 Å². The maximum atomic E-state index is 13.1. The summed E-state index contributed by atoms with van der Waals surface area (Å²) in [6, 6.07) is 0. The van der Waals surface area contributed by atoms with Crippen LogP contribution in [0.1, 0.15) is 80.7 Å². The lowest BCUT2D eigenvalue weighted by atomic mass is 9.86. The van der Waals surface area contributed by atoms with Crippen molar-refractivity contribution in [1.29, 1.82) is 0 Å². The molecular formula is C20H32N4O2. The van der Waals surface area contributed by atoms with Crippen molar-refractivity contribution in [3.05, 3.63) is 17.0 Å². The molecule has 2 atom stereocenters. The molecular weight excluding hydrogens is 328 g/mol. The van der Waals surface area contributed by atoms with Crippen molar-refractivity contribution in [1.82, 2.24) is 20.0 Å². The lowest BCUT2D eigenvalue weighted by molar-refractivity contribution is -0.00710. The van der Waals surface area contributed by atoms with Gasteiger partial charge in [-0.3, -0.25) is 14.8 Å². The van der Waals surface area contributed by atoms with E-state index in [1.807, 2.05) is 11.8 Å². The van der Waals surface area contributed by atoms with Crippen molar-refractivity contribution < 1.29 is 9.53 Å². The van der Waals surface area contributed by atoms with Crippen molar-refractivity contribution in [2.24, 2.45) is 0 Å². The summed E-state index contributed by atoms with van der Waals surface area (Å²) in [6.45, 7) is 10.6. The maximum absolute atomic E-state index is 13.1. The number of carbonyl (C=O) groups excluding carboxylic acids is 1. The number of fused-ring (bicyclic) bond motifs is 1. The number of aromatic nitrogens is 2. The molecule has 0 radical (unpaired) electrons. The average molecular weight is 361 g/mol. The molecule has 2 saturated heterocycles. The van der Waals surface area contributed by atoms with E-state index >= 15 is 0 Å². The van der Waals surface area contributed by atoms with E-state index in [1.54, 1.807) is 0 Å². The summed E-state index contributed by atoms with van der Waals surface area (Å²) in [7, 11) is 0. The third-order valence-electron chi connectivity index (χ3n) is 6.68. The Bertz CT molecular complexity index is 657. The fourth-order valence-corrected chi connectivity index (χ4v) is 4.94. The molecule has 2 fully saturated rings. The zero-order valence-corrected chi connectivity index (χ0v) is 16.4. The maximum Gasteiger partial charge on any atom is 0.274 e. The average Bonchev–Trinajstić information content (AvgIpc) is 3.06. The number of piperidine rings is 2. The summed E-state index contributed by atoms with van der Waals surface area (Å²) in [6.07, 6.45) is 6.98. The first-order valence-electron chi connectivity index (χ1n) is 10.2. The molecule has 3 aliphatic heterocycles. The van der Waals surface area contributed by atoms with Crippen molar-refractivity contribution in [3.63, 3.8) is 0 Å². The Morgan fingerprint density at radius 1 is 1.15 bits per heavy atom. The van der Waals surface area contributed by atoms with Crippen LogP contribution in [0.4, 0.5) is 0 Å². The first kappa shape index (κ1) is 18.0. The molecule has 3 aliphatic rings. The van der Waals surface area contributed by atoms with Gasteiger partial charge in [-0.1, -0.05) is 6.42 Å². The van der Waals surface area contributed by atoms with Gasteiger partial charge in [0.1, 0.15) is 0 Å². The van der Waals surface area contributed by atoms with Crippen LogP contribution in [0, 0.1) is 0 Å². The van der Waals surface area contributed by atoms with E-state index in [-0.39, 0.29) is 23.7 Å².